The standard InChI is InChI=1S/C18H17FN2O2/c19-15-9-5-4-8-14(15)16-12-17(23-21-16)18(22)20-11-10-13-6-2-1-3-7-13/h1-9,17H,10-12H2,(H,20,22)/t17-/m1/s1. The number of nitrogens with one attached hydrogen (secondary N) is 1. The SMILES string of the molecule is O=C(NCCc1ccccc1)[C@H]1CC(c2ccccc2F)=NO1. The molecule has 1 atom stereocenters. The molecule has 3 rings (SSSR count). The zero-order valence-electron chi connectivity index (χ0n) is 12.5. The predicted molar refractivity (Wildman–Crippen MR) is 85.6 cm³/mol. The molecular weight excluding hydrogens is 295 g/mol. The molecule has 0 saturated carbocycles. The molecule has 23 heavy (non-hydrogen) atoms. The quantitative estimate of drug-likeness (QED) is 0.923. The Morgan fingerprint density at radius 1 is 1.17 bits per heavy atom. The van der Waals surface area contributed by atoms with Gasteiger partial charge in [0.15, 0.2) is 0 Å². The average molecular weight is 312 g/mol. The molecule has 1 heterocycles. The van der Waals surface area contributed by atoms with Gasteiger partial charge in [0, 0.05) is 18.5 Å². The number of nitrogens with zero attached hydrogens (tertiary/aromatic N) is 1. The second-order valence-corrected chi connectivity index (χ2v) is 5.34. The molecule has 2 aromatic rings. The fourth-order valence-electron chi connectivity index (χ4n) is 2.46. The van der Waals surface area contributed by atoms with Gasteiger partial charge in [0.2, 0.25) is 6.10 Å². The summed E-state index contributed by atoms with van der Waals surface area (Å²) >= 11 is 0. The smallest absolute Gasteiger partial charge is 0.264 e. The van der Waals surface area contributed by atoms with Gasteiger partial charge in [0.25, 0.3) is 5.91 Å². The number of carbonyl (C=O) groups excluding carboxylic acids is 1. The highest BCUT2D eigenvalue weighted by Gasteiger charge is 2.29. The highest BCUT2D eigenvalue weighted by atomic mass is 19.1. The summed E-state index contributed by atoms with van der Waals surface area (Å²) in [5, 5.41) is 6.68. The maximum Gasteiger partial charge on any atom is 0.264 e. The first-order valence-corrected chi connectivity index (χ1v) is 7.53. The third kappa shape index (κ3) is 3.74. The first-order valence-electron chi connectivity index (χ1n) is 7.53. The van der Waals surface area contributed by atoms with Gasteiger partial charge in [-0.15, -0.1) is 0 Å². The van der Waals surface area contributed by atoms with E-state index in [0.717, 1.165) is 12.0 Å². The first kappa shape index (κ1) is 15.2. The molecule has 0 fully saturated rings. The van der Waals surface area contributed by atoms with Crippen molar-refractivity contribution < 1.29 is 14.0 Å². The van der Waals surface area contributed by atoms with Crippen molar-refractivity contribution in [3.63, 3.8) is 0 Å². The monoisotopic (exact) mass is 312 g/mol. The van der Waals surface area contributed by atoms with Crippen LogP contribution in [-0.4, -0.2) is 24.3 Å². The maximum absolute atomic E-state index is 13.7. The first-order chi connectivity index (χ1) is 11.2. The Morgan fingerprint density at radius 2 is 1.91 bits per heavy atom. The minimum absolute atomic E-state index is 0.226. The minimum atomic E-state index is -0.694. The van der Waals surface area contributed by atoms with E-state index in [-0.39, 0.29) is 18.1 Å². The summed E-state index contributed by atoms with van der Waals surface area (Å²) in [6.07, 6.45) is 0.332. The van der Waals surface area contributed by atoms with E-state index in [1.165, 1.54) is 6.07 Å². The normalized spacial score (nSPS) is 16.6. The number of halogens is 1. The van der Waals surface area contributed by atoms with Gasteiger partial charge in [-0.2, -0.15) is 0 Å². The summed E-state index contributed by atoms with van der Waals surface area (Å²) in [4.78, 5) is 17.2. The van der Waals surface area contributed by atoms with Gasteiger partial charge in [0.05, 0.1) is 5.71 Å². The van der Waals surface area contributed by atoms with Crippen LogP contribution in [0, 0.1) is 5.82 Å². The zero-order chi connectivity index (χ0) is 16.1. The molecule has 0 radical (unpaired) electrons. The van der Waals surface area contributed by atoms with Crippen molar-refractivity contribution in [1.82, 2.24) is 5.32 Å². The van der Waals surface area contributed by atoms with Crippen molar-refractivity contribution >= 4 is 11.6 Å². The highest BCUT2D eigenvalue weighted by Crippen LogP contribution is 2.19. The average Bonchev–Trinajstić information content (AvgIpc) is 3.06. The van der Waals surface area contributed by atoms with E-state index >= 15 is 0 Å². The summed E-state index contributed by atoms with van der Waals surface area (Å²) < 4.78 is 13.7. The van der Waals surface area contributed by atoms with Crippen LogP contribution in [0.3, 0.4) is 0 Å². The molecule has 1 amide bonds. The Balaban J connectivity index is 1.50. The number of hydrogen-bond acceptors (Lipinski definition) is 3. The van der Waals surface area contributed by atoms with Crippen molar-refractivity contribution in [3.05, 3.63) is 71.5 Å². The van der Waals surface area contributed by atoms with E-state index in [1.54, 1.807) is 18.2 Å². The van der Waals surface area contributed by atoms with Crippen molar-refractivity contribution in [2.45, 2.75) is 18.9 Å². The molecule has 0 aliphatic carbocycles. The van der Waals surface area contributed by atoms with Gasteiger partial charge in [-0.25, -0.2) is 4.39 Å². The van der Waals surface area contributed by atoms with Gasteiger partial charge in [0.1, 0.15) is 5.82 Å². The van der Waals surface area contributed by atoms with E-state index in [2.05, 4.69) is 10.5 Å². The fraction of sp³-hybridized carbons (Fsp3) is 0.222. The third-order valence-electron chi connectivity index (χ3n) is 3.70. The summed E-state index contributed by atoms with van der Waals surface area (Å²) in [5.74, 6) is -0.587. The van der Waals surface area contributed by atoms with Gasteiger partial charge in [-0.05, 0) is 18.1 Å². The Kier molecular flexibility index (Phi) is 4.66. The number of benzene rings is 2. The van der Waals surface area contributed by atoms with Crippen LogP contribution in [0.5, 0.6) is 0 Å². The van der Waals surface area contributed by atoms with Gasteiger partial charge in [-0.3, -0.25) is 4.79 Å². The third-order valence-corrected chi connectivity index (χ3v) is 3.70. The largest absolute Gasteiger partial charge is 0.382 e. The number of hydrogen-bond donors (Lipinski definition) is 1. The maximum atomic E-state index is 13.7. The summed E-state index contributed by atoms with van der Waals surface area (Å²) in [6, 6.07) is 16.2. The molecule has 2 aromatic carbocycles. The van der Waals surface area contributed by atoms with Crippen LogP contribution < -0.4 is 5.32 Å². The molecule has 0 aromatic heterocycles. The van der Waals surface area contributed by atoms with Gasteiger partial charge < -0.3 is 10.2 Å². The Bertz CT molecular complexity index is 716. The molecule has 4 nitrogen and oxygen atoms in total. The topological polar surface area (TPSA) is 50.7 Å². The van der Waals surface area contributed by atoms with Gasteiger partial charge in [-0.1, -0.05) is 53.7 Å². The van der Waals surface area contributed by atoms with E-state index in [4.69, 9.17) is 4.84 Å². The highest BCUT2D eigenvalue weighted by molar-refractivity contribution is 6.04. The van der Waals surface area contributed by atoms with Crippen LogP contribution in [0.2, 0.25) is 0 Å². The summed E-state index contributed by atoms with van der Waals surface area (Å²) in [6.45, 7) is 0.526. The Hall–Kier alpha value is -2.69. The molecule has 5 heteroatoms. The lowest BCUT2D eigenvalue weighted by atomic mass is 10.0. The second kappa shape index (κ2) is 7.05. The molecule has 1 aliphatic heterocycles. The van der Waals surface area contributed by atoms with Crippen LogP contribution >= 0.6 is 0 Å². The van der Waals surface area contributed by atoms with Crippen molar-refractivity contribution in [1.29, 1.82) is 0 Å². The molecule has 1 N–H and O–H groups in total. The van der Waals surface area contributed by atoms with Crippen LogP contribution in [0.15, 0.2) is 59.8 Å². The van der Waals surface area contributed by atoms with Crippen LogP contribution in [0.4, 0.5) is 4.39 Å². The second-order valence-electron chi connectivity index (χ2n) is 5.34. The zero-order valence-corrected chi connectivity index (χ0v) is 12.5. The molecule has 0 bridgehead atoms. The van der Waals surface area contributed by atoms with E-state index in [1.807, 2.05) is 30.3 Å². The van der Waals surface area contributed by atoms with Crippen molar-refractivity contribution in [2.75, 3.05) is 6.54 Å². The molecule has 118 valence electrons. The lowest BCUT2D eigenvalue weighted by Gasteiger charge is -2.09. The predicted octanol–water partition coefficient (Wildman–Crippen LogP) is 2.68. The summed E-state index contributed by atoms with van der Waals surface area (Å²) in [5.41, 5.74) is 2.00. The molecule has 0 spiro atoms. The molecule has 1 aliphatic rings. The molecule has 0 saturated heterocycles. The van der Waals surface area contributed by atoms with Crippen molar-refractivity contribution in [2.24, 2.45) is 5.16 Å². The number of rotatable bonds is 5. The van der Waals surface area contributed by atoms with Crippen LogP contribution in [-0.2, 0) is 16.1 Å². The molecule has 0 unspecified atom stereocenters. The fourth-order valence-corrected chi connectivity index (χ4v) is 2.46. The minimum Gasteiger partial charge on any atom is -0.382 e. The Labute approximate surface area is 134 Å². The summed E-state index contributed by atoms with van der Waals surface area (Å²) in [7, 11) is 0. The Morgan fingerprint density at radius 3 is 2.70 bits per heavy atom. The lowest BCUT2D eigenvalue weighted by molar-refractivity contribution is -0.131. The van der Waals surface area contributed by atoms with Crippen LogP contribution in [0.25, 0.3) is 0 Å². The van der Waals surface area contributed by atoms with E-state index in [9.17, 15) is 9.18 Å². The van der Waals surface area contributed by atoms with Crippen LogP contribution in [0.1, 0.15) is 17.5 Å². The van der Waals surface area contributed by atoms with Crippen molar-refractivity contribution in [3.8, 4) is 0 Å². The van der Waals surface area contributed by atoms with E-state index in [0.29, 0.717) is 17.8 Å². The number of oxime groups is 1. The number of carbonyl (C=O) groups is 1. The van der Waals surface area contributed by atoms with E-state index < -0.39 is 6.10 Å². The number of amides is 1. The lowest BCUT2D eigenvalue weighted by Crippen LogP contribution is -2.36. The van der Waals surface area contributed by atoms with Gasteiger partial charge >= 0.3 is 0 Å². The molecular formula is C18H17FN2O2.